The summed E-state index contributed by atoms with van der Waals surface area (Å²) in [6.07, 6.45) is -0.523. The summed E-state index contributed by atoms with van der Waals surface area (Å²) < 4.78 is 0. The molecule has 1 heterocycles. The van der Waals surface area contributed by atoms with Gasteiger partial charge < -0.3 is 15.7 Å². The molecule has 2 rings (SSSR count). The molecule has 1 aromatic rings. The van der Waals surface area contributed by atoms with E-state index in [1.807, 2.05) is 0 Å². The average molecular weight is 248 g/mol. The van der Waals surface area contributed by atoms with Crippen LogP contribution in [0.2, 0.25) is 0 Å². The van der Waals surface area contributed by atoms with E-state index < -0.39 is 17.9 Å². The van der Waals surface area contributed by atoms with Gasteiger partial charge in [0.15, 0.2) is 0 Å². The number of aliphatic hydroxyl groups excluding tert-OH is 1. The standard InChI is InChI=1S/C13H16N2O3/c1-8(16)10-4-2-3-5-11(10)15-7-9(13(14)18)6-12(15)17/h2-5,8-9,16H,6-7H2,1H3,(H2,14,18). The number of carbonyl (C=O) groups excluding carboxylic acids is 2. The first-order valence-electron chi connectivity index (χ1n) is 5.87. The molecule has 0 radical (unpaired) electrons. The molecule has 3 N–H and O–H groups in total. The fourth-order valence-corrected chi connectivity index (χ4v) is 2.22. The summed E-state index contributed by atoms with van der Waals surface area (Å²) in [5.41, 5.74) is 6.56. The number of carbonyl (C=O) groups is 2. The van der Waals surface area contributed by atoms with Crippen molar-refractivity contribution in [3.05, 3.63) is 29.8 Å². The topological polar surface area (TPSA) is 83.6 Å². The zero-order chi connectivity index (χ0) is 13.3. The highest BCUT2D eigenvalue weighted by atomic mass is 16.3. The van der Waals surface area contributed by atoms with E-state index in [2.05, 4.69) is 0 Å². The molecule has 0 saturated carbocycles. The second-order valence-electron chi connectivity index (χ2n) is 4.54. The van der Waals surface area contributed by atoms with Crippen molar-refractivity contribution in [3.8, 4) is 0 Å². The molecule has 2 amide bonds. The summed E-state index contributed by atoms with van der Waals surface area (Å²) in [7, 11) is 0. The van der Waals surface area contributed by atoms with Crippen LogP contribution in [0.1, 0.15) is 25.0 Å². The van der Waals surface area contributed by atoms with Crippen LogP contribution in [0.3, 0.4) is 0 Å². The third-order valence-electron chi connectivity index (χ3n) is 3.21. The number of primary amides is 1. The van der Waals surface area contributed by atoms with Gasteiger partial charge in [-0.15, -0.1) is 0 Å². The van der Waals surface area contributed by atoms with Gasteiger partial charge in [0, 0.05) is 24.2 Å². The lowest BCUT2D eigenvalue weighted by molar-refractivity contribution is -0.123. The van der Waals surface area contributed by atoms with Crippen LogP contribution in [0.25, 0.3) is 0 Å². The molecule has 5 heteroatoms. The third-order valence-corrected chi connectivity index (χ3v) is 3.21. The number of rotatable bonds is 3. The summed E-state index contributed by atoms with van der Waals surface area (Å²) >= 11 is 0. The first kappa shape index (κ1) is 12.6. The molecular weight excluding hydrogens is 232 g/mol. The molecule has 5 nitrogen and oxygen atoms in total. The number of nitrogens with zero attached hydrogens (tertiary/aromatic N) is 1. The molecular formula is C13H16N2O3. The predicted molar refractivity (Wildman–Crippen MR) is 66.7 cm³/mol. The second-order valence-corrected chi connectivity index (χ2v) is 4.54. The molecule has 1 saturated heterocycles. The number of anilines is 1. The lowest BCUT2D eigenvalue weighted by Crippen LogP contribution is -2.29. The summed E-state index contributed by atoms with van der Waals surface area (Å²) in [5, 5.41) is 9.70. The average Bonchev–Trinajstić information content (AvgIpc) is 2.71. The third kappa shape index (κ3) is 2.22. The molecule has 96 valence electrons. The lowest BCUT2D eigenvalue weighted by atomic mass is 10.1. The molecule has 0 bridgehead atoms. The quantitative estimate of drug-likeness (QED) is 0.820. The lowest BCUT2D eigenvalue weighted by Gasteiger charge is -2.21. The number of benzene rings is 1. The molecule has 0 aliphatic carbocycles. The highest BCUT2D eigenvalue weighted by Crippen LogP contribution is 2.31. The van der Waals surface area contributed by atoms with E-state index in [1.165, 1.54) is 4.90 Å². The molecule has 2 atom stereocenters. The minimum atomic E-state index is -0.665. The van der Waals surface area contributed by atoms with Crippen molar-refractivity contribution in [3.63, 3.8) is 0 Å². The van der Waals surface area contributed by atoms with Crippen molar-refractivity contribution in [1.29, 1.82) is 0 Å². The van der Waals surface area contributed by atoms with Gasteiger partial charge in [-0.25, -0.2) is 0 Å². The van der Waals surface area contributed by atoms with Gasteiger partial charge in [0.25, 0.3) is 0 Å². The Kier molecular flexibility index (Phi) is 3.34. The van der Waals surface area contributed by atoms with Crippen LogP contribution in [0.4, 0.5) is 5.69 Å². The van der Waals surface area contributed by atoms with E-state index in [4.69, 9.17) is 5.73 Å². The van der Waals surface area contributed by atoms with E-state index in [0.717, 1.165) is 0 Å². The van der Waals surface area contributed by atoms with Gasteiger partial charge in [0.05, 0.1) is 12.0 Å². The number of aliphatic hydroxyl groups is 1. The molecule has 0 spiro atoms. The number of amides is 2. The van der Waals surface area contributed by atoms with Crippen LogP contribution in [-0.2, 0) is 9.59 Å². The minimum absolute atomic E-state index is 0.132. The highest BCUT2D eigenvalue weighted by molar-refractivity contribution is 6.00. The first-order valence-corrected chi connectivity index (χ1v) is 5.87. The zero-order valence-corrected chi connectivity index (χ0v) is 10.2. The van der Waals surface area contributed by atoms with Gasteiger partial charge in [0.2, 0.25) is 11.8 Å². The molecule has 1 fully saturated rings. The van der Waals surface area contributed by atoms with Crippen molar-refractivity contribution in [2.75, 3.05) is 11.4 Å². The van der Waals surface area contributed by atoms with Crippen molar-refractivity contribution >= 4 is 17.5 Å². The summed E-state index contributed by atoms with van der Waals surface area (Å²) in [4.78, 5) is 24.6. The van der Waals surface area contributed by atoms with Crippen LogP contribution in [0.5, 0.6) is 0 Å². The van der Waals surface area contributed by atoms with Gasteiger partial charge >= 0.3 is 0 Å². The van der Waals surface area contributed by atoms with Gasteiger partial charge in [-0.1, -0.05) is 18.2 Å². The van der Waals surface area contributed by atoms with Crippen molar-refractivity contribution in [1.82, 2.24) is 0 Å². The molecule has 2 unspecified atom stereocenters. The molecule has 18 heavy (non-hydrogen) atoms. The van der Waals surface area contributed by atoms with Gasteiger partial charge in [-0.3, -0.25) is 9.59 Å². The maximum Gasteiger partial charge on any atom is 0.227 e. The van der Waals surface area contributed by atoms with Gasteiger partial charge in [0.1, 0.15) is 0 Å². The number of hydrogen-bond acceptors (Lipinski definition) is 3. The number of nitrogens with two attached hydrogens (primary N) is 1. The van der Waals surface area contributed by atoms with Crippen molar-refractivity contribution < 1.29 is 14.7 Å². The van der Waals surface area contributed by atoms with Crippen LogP contribution < -0.4 is 10.6 Å². The van der Waals surface area contributed by atoms with Gasteiger partial charge in [-0.05, 0) is 13.0 Å². The Bertz CT molecular complexity index is 485. The Morgan fingerprint density at radius 1 is 1.50 bits per heavy atom. The predicted octanol–water partition coefficient (Wildman–Crippen LogP) is 0.578. The molecule has 1 aromatic carbocycles. The normalized spacial score (nSPS) is 21.1. The fraction of sp³-hybridized carbons (Fsp3) is 0.385. The van der Waals surface area contributed by atoms with Gasteiger partial charge in [-0.2, -0.15) is 0 Å². The maximum atomic E-state index is 11.9. The van der Waals surface area contributed by atoms with Crippen molar-refractivity contribution in [2.24, 2.45) is 11.7 Å². The SMILES string of the molecule is CC(O)c1ccccc1N1CC(C(N)=O)CC1=O. The summed E-state index contributed by atoms with van der Waals surface area (Å²) in [5.74, 6) is -1.04. The smallest absolute Gasteiger partial charge is 0.227 e. The van der Waals surface area contributed by atoms with Crippen LogP contribution in [0, 0.1) is 5.92 Å². The Hall–Kier alpha value is -1.88. The van der Waals surface area contributed by atoms with Crippen LogP contribution in [-0.4, -0.2) is 23.5 Å². The Morgan fingerprint density at radius 3 is 2.72 bits per heavy atom. The molecule has 0 aromatic heterocycles. The van der Waals surface area contributed by atoms with E-state index in [-0.39, 0.29) is 18.9 Å². The molecule has 1 aliphatic heterocycles. The largest absolute Gasteiger partial charge is 0.389 e. The Balaban J connectivity index is 2.33. The van der Waals surface area contributed by atoms with E-state index in [9.17, 15) is 14.7 Å². The van der Waals surface area contributed by atoms with Crippen LogP contribution in [0.15, 0.2) is 24.3 Å². The summed E-state index contributed by atoms with van der Waals surface area (Å²) in [6.45, 7) is 1.93. The van der Waals surface area contributed by atoms with E-state index in [1.54, 1.807) is 31.2 Å². The summed E-state index contributed by atoms with van der Waals surface area (Å²) in [6, 6.07) is 7.14. The Labute approximate surface area is 105 Å². The van der Waals surface area contributed by atoms with E-state index >= 15 is 0 Å². The maximum absolute atomic E-state index is 11.9. The zero-order valence-electron chi connectivity index (χ0n) is 10.2. The minimum Gasteiger partial charge on any atom is -0.389 e. The van der Waals surface area contributed by atoms with Crippen LogP contribution >= 0.6 is 0 Å². The molecule has 1 aliphatic rings. The Morgan fingerprint density at radius 2 is 2.17 bits per heavy atom. The highest BCUT2D eigenvalue weighted by Gasteiger charge is 2.34. The first-order chi connectivity index (χ1) is 8.50. The van der Waals surface area contributed by atoms with E-state index in [0.29, 0.717) is 11.3 Å². The fourth-order valence-electron chi connectivity index (χ4n) is 2.22. The van der Waals surface area contributed by atoms with Crippen molar-refractivity contribution in [2.45, 2.75) is 19.4 Å². The second kappa shape index (κ2) is 4.78. The number of hydrogen-bond donors (Lipinski definition) is 2. The number of para-hydroxylation sites is 1. The monoisotopic (exact) mass is 248 g/mol.